The van der Waals surface area contributed by atoms with Crippen LogP contribution in [-0.2, 0) is 22.1 Å². The lowest BCUT2D eigenvalue weighted by molar-refractivity contribution is 0.473. The highest BCUT2D eigenvalue weighted by molar-refractivity contribution is 7.92. The van der Waals surface area contributed by atoms with Gasteiger partial charge in [-0.1, -0.05) is 39.0 Å². The third-order valence-corrected chi connectivity index (χ3v) is 6.39. The Morgan fingerprint density at radius 1 is 1.03 bits per heavy atom. The highest BCUT2D eigenvalue weighted by Crippen LogP contribution is 2.27. The second kappa shape index (κ2) is 7.77. The Hall–Kier alpha value is -3.26. The van der Waals surface area contributed by atoms with Crippen molar-refractivity contribution >= 4 is 26.7 Å². The molecule has 0 radical (unpaired) electrons. The summed E-state index contributed by atoms with van der Waals surface area (Å²) >= 11 is 0. The zero-order chi connectivity index (χ0) is 22.2. The average molecular weight is 439 g/mol. The molecule has 0 bridgehead atoms. The van der Waals surface area contributed by atoms with Crippen LogP contribution >= 0.6 is 0 Å². The van der Waals surface area contributed by atoms with Crippen molar-refractivity contribution < 1.29 is 12.8 Å². The van der Waals surface area contributed by atoms with Gasteiger partial charge in [0.1, 0.15) is 12.5 Å². The fourth-order valence-corrected chi connectivity index (χ4v) is 4.39. The van der Waals surface area contributed by atoms with Crippen molar-refractivity contribution in [1.82, 2.24) is 14.8 Å². The van der Waals surface area contributed by atoms with Crippen molar-refractivity contribution in [2.45, 2.75) is 37.8 Å². The molecule has 0 unspecified atom stereocenters. The van der Waals surface area contributed by atoms with Crippen molar-refractivity contribution in [1.29, 1.82) is 0 Å². The lowest BCUT2D eigenvalue weighted by Gasteiger charge is -2.19. The molecule has 0 amide bonds. The number of aromatic nitrogens is 3. The molecule has 1 N–H and O–H groups in total. The molecule has 31 heavy (non-hydrogen) atoms. The quantitative estimate of drug-likeness (QED) is 0.476. The number of sulfonamides is 1. The topological polar surface area (TPSA) is 76.9 Å². The van der Waals surface area contributed by atoms with Crippen molar-refractivity contribution in [3.63, 3.8) is 0 Å². The van der Waals surface area contributed by atoms with Crippen LogP contribution in [0, 0.1) is 0 Å². The first kappa shape index (κ1) is 21.0. The molecule has 160 valence electrons. The van der Waals surface area contributed by atoms with E-state index in [1.807, 2.05) is 12.1 Å². The fourth-order valence-electron chi connectivity index (χ4n) is 3.35. The third-order valence-electron chi connectivity index (χ3n) is 5.02. The molecule has 4 rings (SSSR count). The van der Waals surface area contributed by atoms with Crippen LogP contribution in [0.2, 0.25) is 0 Å². The first-order chi connectivity index (χ1) is 14.7. The minimum atomic E-state index is -3.90. The van der Waals surface area contributed by atoms with Crippen molar-refractivity contribution in [2.75, 3.05) is 4.72 Å². The standard InChI is InChI=1S/C23H23FN4O2S/c1-23(2,3)16-9-11-18(12-10-16)31(29,30)27-22-14-17(15-24)26-28(22)21-8-4-7-20-19(21)6-5-13-25-20/h4-14,27H,15H2,1-3H3. The van der Waals surface area contributed by atoms with Gasteiger partial charge in [-0.25, -0.2) is 17.5 Å². The summed E-state index contributed by atoms with van der Waals surface area (Å²) in [5.74, 6) is 0.156. The number of halogens is 1. The van der Waals surface area contributed by atoms with Gasteiger partial charge in [0.15, 0.2) is 0 Å². The van der Waals surface area contributed by atoms with E-state index in [4.69, 9.17) is 0 Å². The molecule has 2 aromatic carbocycles. The van der Waals surface area contributed by atoms with Gasteiger partial charge in [-0.3, -0.25) is 9.71 Å². The Bertz CT molecular complexity index is 1340. The van der Waals surface area contributed by atoms with Crippen molar-refractivity contribution in [2.24, 2.45) is 0 Å². The van der Waals surface area contributed by atoms with Gasteiger partial charge in [0.2, 0.25) is 0 Å². The molecule has 0 saturated carbocycles. The van der Waals surface area contributed by atoms with Gasteiger partial charge in [0.25, 0.3) is 10.0 Å². The van der Waals surface area contributed by atoms with Crippen LogP contribution in [0.5, 0.6) is 0 Å². The fraction of sp³-hybridized carbons (Fsp3) is 0.217. The molecule has 0 atom stereocenters. The van der Waals surface area contributed by atoms with Crippen LogP contribution in [0.3, 0.4) is 0 Å². The highest BCUT2D eigenvalue weighted by atomic mass is 32.2. The van der Waals surface area contributed by atoms with E-state index in [0.29, 0.717) is 5.69 Å². The summed E-state index contributed by atoms with van der Waals surface area (Å²) in [6, 6.07) is 17.2. The average Bonchev–Trinajstić information content (AvgIpc) is 3.15. The molecule has 0 saturated heterocycles. The number of hydrogen-bond donors (Lipinski definition) is 1. The van der Waals surface area contributed by atoms with E-state index in [1.54, 1.807) is 48.7 Å². The molecule has 6 nitrogen and oxygen atoms in total. The van der Waals surface area contributed by atoms with E-state index in [1.165, 1.54) is 10.7 Å². The number of pyridine rings is 1. The molecule has 0 spiro atoms. The van der Waals surface area contributed by atoms with E-state index in [-0.39, 0.29) is 21.8 Å². The maximum Gasteiger partial charge on any atom is 0.263 e. The highest BCUT2D eigenvalue weighted by Gasteiger charge is 2.21. The maximum atomic E-state index is 13.4. The maximum absolute atomic E-state index is 13.4. The zero-order valence-electron chi connectivity index (χ0n) is 17.5. The van der Waals surface area contributed by atoms with Crippen LogP contribution < -0.4 is 4.72 Å². The van der Waals surface area contributed by atoms with Crippen molar-refractivity contribution in [3.8, 4) is 5.69 Å². The van der Waals surface area contributed by atoms with Gasteiger partial charge in [-0.15, -0.1) is 0 Å². The smallest absolute Gasteiger partial charge is 0.263 e. The number of nitrogens with zero attached hydrogens (tertiary/aromatic N) is 3. The summed E-state index contributed by atoms with van der Waals surface area (Å²) in [4.78, 5) is 4.44. The molecule has 0 fully saturated rings. The summed E-state index contributed by atoms with van der Waals surface area (Å²) in [6.45, 7) is 5.37. The van der Waals surface area contributed by atoms with E-state index >= 15 is 0 Å². The van der Waals surface area contributed by atoms with Crippen LogP contribution in [0.4, 0.5) is 10.2 Å². The van der Waals surface area contributed by atoms with E-state index in [9.17, 15) is 12.8 Å². The van der Waals surface area contributed by atoms with Gasteiger partial charge in [-0.2, -0.15) is 5.10 Å². The first-order valence-electron chi connectivity index (χ1n) is 9.81. The summed E-state index contributed by atoms with van der Waals surface area (Å²) in [5, 5.41) is 5.03. The largest absolute Gasteiger partial charge is 0.263 e. The van der Waals surface area contributed by atoms with E-state index in [0.717, 1.165) is 16.5 Å². The monoisotopic (exact) mass is 438 g/mol. The van der Waals surface area contributed by atoms with Gasteiger partial charge in [-0.05, 0) is 47.4 Å². The first-order valence-corrected chi connectivity index (χ1v) is 11.3. The summed E-state index contributed by atoms with van der Waals surface area (Å²) in [5.41, 5.74) is 2.39. The minimum Gasteiger partial charge on any atom is -0.263 e. The second-order valence-corrected chi connectivity index (χ2v) is 9.98. The Balaban J connectivity index is 1.76. The summed E-state index contributed by atoms with van der Waals surface area (Å²) < 4.78 is 43.5. The third kappa shape index (κ3) is 4.16. The Labute approximate surface area is 180 Å². The normalized spacial score (nSPS) is 12.3. The van der Waals surface area contributed by atoms with Crippen LogP contribution in [0.15, 0.2) is 71.8 Å². The number of benzene rings is 2. The number of rotatable bonds is 5. The Kier molecular flexibility index (Phi) is 5.26. The number of hydrogen-bond acceptors (Lipinski definition) is 4. The molecule has 0 aliphatic carbocycles. The van der Waals surface area contributed by atoms with E-state index in [2.05, 4.69) is 35.6 Å². The summed E-state index contributed by atoms with van der Waals surface area (Å²) in [6.07, 6.45) is 1.67. The van der Waals surface area contributed by atoms with Crippen molar-refractivity contribution in [3.05, 3.63) is 78.1 Å². The number of fused-ring (bicyclic) bond motifs is 1. The van der Waals surface area contributed by atoms with Gasteiger partial charge >= 0.3 is 0 Å². The minimum absolute atomic E-state index is 0.0905. The molecule has 4 aromatic rings. The zero-order valence-corrected chi connectivity index (χ0v) is 18.3. The number of nitrogens with one attached hydrogen (secondary N) is 1. The van der Waals surface area contributed by atoms with Gasteiger partial charge < -0.3 is 0 Å². The van der Waals surface area contributed by atoms with Crippen LogP contribution in [0.1, 0.15) is 32.0 Å². The predicted octanol–water partition coefficient (Wildman–Crippen LogP) is 4.99. The molecular weight excluding hydrogens is 415 g/mol. The SMILES string of the molecule is CC(C)(C)c1ccc(S(=O)(=O)Nc2cc(CF)nn2-c2cccc3ncccc23)cc1. The van der Waals surface area contributed by atoms with Gasteiger partial charge in [0.05, 0.1) is 21.8 Å². The second-order valence-electron chi connectivity index (χ2n) is 8.29. The lowest BCUT2D eigenvalue weighted by atomic mass is 9.87. The predicted molar refractivity (Wildman–Crippen MR) is 120 cm³/mol. The Morgan fingerprint density at radius 3 is 2.45 bits per heavy atom. The molecule has 8 heteroatoms. The Morgan fingerprint density at radius 2 is 1.77 bits per heavy atom. The number of anilines is 1. The summed E-state index contributed by atoms with van der Waals surface area (Å²) in [7, 11) is -3.90. The van der Waals surface area contributed by atoms with Crippen LogP contribution in [-0.4, -0.2) is 23.2 Å². The van der Waals surface area contributed by atoms with Crippen LogP contribution in [0.25, 0.3) is 16.6 Å². The molecular formula is C23H23FN4O2S. The molecule has 0 aliphatic heterocycles. The number of alkyl halides is 1. The lowest BCUT2D eigenvalue weighted by Crippen LogP contribution is -2.17. The molecule has 2 aromatic heterocycles. The molecule has 0 aliphatic rings. The van der Waals surface area contributed by atoms with E-state index < -0.39 is 16.7 Å². The van der Waals surface area contributed by atoms with Gasteiger partial charge in [0, 0.05) is 17.6 Å². The molecule has 2 heterocycles.